The zero-order valence-electron chi connectivity index (χ0n) is 10.4. The minimum atomic E-state index is 0.656. The summed E-state index contributed by atoms with van der Waals surface area (Å²) in [5, 5.41) is 4.52. The number of aryl methyl sites for hydroxylation is 1. The van der Waals surface area contributed by atoms with Gasteiger partial charge in [-0.15, -0.1) is 0 Å². The number of rotatable bonds is 3. The van der Waals surface area contributed by atoms with Gasteiger partial charge in [-0.1, -0.05) is 22.0 Å². The van der Waals surface area contributed by atoms with Gasteiger partial charge in [-0.25, -0.2) is 4.68 Å². The molecular weight excluding hydrogens is 358 g/mol. The van der Waals surface area contributed by atoms with E-state index in [9.17, 15) is 0 Å². The molecule has 0 aliphatic carbocycles. The number of hydrogen-bond donors (Lipinski definition) is 1. The Kier molecular flexibility index (Phi) is 4.25. The molecular formula is C13H15Br2N3. The lowest BCUT2D eigenvalue weighted by molar-refractivity contribution is 0.831. The Balaban J connectivity index is 2.45. The van der Waals surface area contributed by atoms with Gasteiger partial charge in [0, 0.05) is 4.47 Å². The number of nitrogens with two attached hydrogens (primary N) is 1. The molecule has 5 heteroatoms. The summed E-state index contributed by atoms with van der Waals surface area (Å²) in [4.78, 5) is 0. The van der Waals surface area contributed by atoms with Gasteiger partial charge in [-0.3, -0.25) is 0 Å². The third kappa shape index (κ3) is 2.53. The molecule has 0 spiro atoms. The summed E-state index contributed by atoms with van der Waals surface area (Å²) >= 11 is 7.13. The molecule has 96 valence electrons. The predicted octanol–water partition coefficient (Wildman–Crippen LogP) is 3.52. The van der Waals surface area contributed by atoms with E-state index in [1.807, 2.05) is 18.5 Å². The van der Waals surface area contributed by atoms with Crippen molar-refractivity contribution in [2.24, 2.45) is 5.73 Å². The van der Waals surface area contributed by atoms with Crippen molar-refractivity contribution in [3.63, 3.8) is 0 Å². The van der Waals surface area contributed by atoms with Gasteiger partial charge in [-0.05, 0) is 60.4 Å². The Morgan fingerprint density at radius 3 is 2.50 bits per heavy atom. The highest BCUT2D eigenvalue weighted by Crippen LogP contribution is 2.26. The van der Waals surface area contributed by atoms with Crippen molar-refractivity contribution < 1.29 is 0 Å². The van der Waals surface area contributed by atoms with Crippen LogP contribution in [-0.2, 0) is 6.42 Å². The second-order valence-electron chi connectivity index (χ2n) is 4.21. The van der Waals surface area contributed by atoms with E-state index in [1.54, 1.807) is 0 Å². The zero-order chi connectivity index (χ0) is 13.3. The van der Waals surface area contributed by atoms with Crippen LogP contribution >= 0.6 is 31.9 Å². The first-order valence-electron chi connectivity index (χ1n) is 5.75. The van der Waals surface area contributed by atoms with Crippen molar-refractivity contribution in [3.05, 3.63) is 44.1 Å². The maximum absolute atomic E-state index is 5.58. The molecule has 0 amide bonds. The van der Waals surface area contributed by atoms with Crippen molar-refractivity contribution in [1.29, 1.82) is 0 Å². The normalized spacial score (nSPS) is 10.9. The molecule has 0 saturated heterocycles. The van der Waals surface area contributed by atoms with E-state index >= 15 is 0 Å². The number of hydrogen-bond acceptors (Lipinski definition) is 2. The van der Waals surface area contributed by atoms with Gasteiger partial charge in [0.05, 0.1) is 21.5 Å². The molecule has 0 aliphatic rings. The average molecular weight is 373 g/mol. The van der Waals surface area contributed by atoms with E-state index in [1.165, 1.54) is 5.56 Å². The molecule has 2 rings (SSSR count). The predicted molar refractivity (Wildman–Crippen MR) is 81.2 cm³/mol. The molecule has 3 nitrogen and oxygen atoms in total. The lowest BCUT2D eigenvalue weighted by Crippen LogP contribution is -2.04. The Bertz CT molecular complexity index is 576. The van der Waals surface area contributed by atoms with Gasteiger partial charge in [0.15, 0.2) is 0 Å². The maximum Gasteiger partial charge on any atom is 0.0743 e. The number of nitrogens with zero attached hydrogens (tertiary/aromatic N) is 2. The second-order valence-corrected chi connectivity index (χ2v) is 5.86. The van der Waals surface area contributed by atoms with Crippen LogP contribution in [0.5, 0.6) is 0 Å². The fraction of sp³-hybridized carbons (Fsp3) is 0.308. The van der Waals surface area contributed by atoms with Crippen LogP contribution in [0.15, 0.2) is 27.1 Å². The Labute approximate surface area is 124 Å². The molecule has 18 heavy (non-hydrogen) atoms. The molecule has 0 aliphatic heterocycles. The van der Waals surface area contributed by atoms with Crippen LogP contribution in [0.2, 0.25) is 0 Å². The summed E-state index contributed by atoms with van der Waals surface area (Å²) in [6.07, 6.45) is 0.877. The molecule has 1 aromatic heterocycles. The van der Waals surface area contributed by atoms with E-state index in [2.05, 4.69) is 55.2 Å². The summed E-state index contributed by atoms with van der Waals surface area (Å²) in [6, 6.07) is 6.25. The standard InChI is InChI=1S/C13H15Br2N3/c1-8-13(15)9(2)18(17-8)11-4-3-10(5-6-16)12(14)7-11/h3-4,7H,5-6,16H2,1-2H3. The van der Waals surface area contributed by atoms with Gasteiger partial charge in [0.2, 0.25) is 0 Å². The highest BCUT2D eigenvalue weighted by molar-refractivity contribution is 9.10. The van der Waals surface area contributed by atoms with Crippen molar-refractivity contribution >= 4 is 31.9 Å². The minimum Gasteiger partial charge on any atom is -0.330 e. The molecule has 2 aromatic rings. The molecule has 0 radical (unpaired) electrons. The Hall–Kier alpha value is -0.650. The fourth-order valence-corrected chi connectivity index (χ4v) is 2.71. The minimum absolute atomic E-state index is 0.656. The third-order valence-corrected chi connectivity index (χ3v) is 4.78. The van der Waals surface area contributed by atoms with Crippen molar-refractivity contribution in [2.75, 3.05) is 6.54 Å². The van der Waals surface area contributed by atoms with E-state index in [0.717, 1.165) is 32.4 Å². The average Bonchev–Trinajstić information content (AvgIpc) is 2.60. The number of benzene rings is 1. The molecule has 0 unspecified atom stereocenters. The molecule has 0 bridgehead atoms. The summed E-state index contributed by atoms with van der Waals surface area (Å²) in [7, 11) is 0. The summed E-state index contributed by atoms with van der Waals surface area (Å²) in [5.74, 6) is 0. The van der Waals surface area contributed by atoms with Gasteiger partial charge in [0.25, 0.3) is 0 Å². The van der Waals surface area contributed by atoms with E-state index in [0.29, 0.717) is 6.54 Å². The van der Waals surface area contributed by atoms with Gasteiger partial charge < -0.3 is 5.73 Å². The van der Waals surface area contributed by atoms with E-state index < -0.39 is 0 Å². The van der Waals surface area contributed by atoms with Gasteiger partial charge in [-0.2, -0.15) is 5.10 Å². The first kappa shape index (κ1) is 13.8. The second kappa shape index (κ2) is 5.55. The van der Waals surface area contributed by atoms with Crippen LogP contribution in [-0.4, -0.2) is 16.3 Å². The quantitative estimate of drug-likeness (QED) is 0.895. The van der Waals surface area contributed by atoms with Crippen LogP contribution in [0.1, 0.15) is 17.0 Å². The third-order valence-electron chi connectivity index (χ3n) is 2.90. The lowest BCUT2D eigenvalue weighted by Gasteiger charge is -2.08. The largest absolute Gasteiger partial charge is 0.330 e. The van der Waals surface area contributed by atoms with E-state index in [4.69, 9.17) is 5.73 Å². The Morgan fingerprint density at radius 1 is 1.28 bits per heavy atom. The summed E-state index contributed by atoms with van der Waals surface area (Å²) in [5.41, 5.74) is 9.95. The first-order valence-corrected chi connectivity index (χ1v) is 7.33. The molecule has 0 fully saturated rings. The lowest BCUT2D eigenvalue weighted by atomic mass is 10.1. The highest BCUT2D eigenvalue weighted by atomic mass is 79.9. The molecule has 2 N–H and O–H groups in total. The summed E-state index contributed by atoms with van der Waals surface area (Å²) < 4.78 is 4.08. The molecule has 1 heterocycles. The van der Waals surface area contributed by atoms with Crippen molar-refractivity contribution in [1.82, 2.24) is 9.78 Å². The molecule has 0 atom stereocenters. The first-order chi connectivity index (χ1) is 8.54. The van der Waals surface area contributed by atoms with E-state index in [-0.39, 0.29) is 0 Å². The SMILES string of the molecule is Cc1nn(-c2ccc(CCN)c(Br)c2)c(C)c1Br. The molecule has 0 saturated carbocycles. The molecule has 1 aromatic carbocycles. The van der Waals surface area contributed by atoms with Crippen LogP contribution in [0.25, 0.3) is 5.69 Å². The number of aromatic nitrogens is 2. The van der Waals surface area contributed by atoms with Crippen molar-refractivity contribution in [2.45, 2.75) is 20.3 Å². The number of halogens is 2. The maximum atomic E-state index is 5.58. The van der Waals surface area contributed by atoms with Crippen LogP contribution in [0, 0.1) is 13.8 Å². The smallest absolute Gasteiger partial charge is 0.0743 e. The van der Waals surface area contributed by atoms with Gasteiger partial charge in [0.1, 0.15) is 0 Å². The topological polar surface area (TPSA) is 43.8 Å². The van der Waals surface area contributed by atoms with Crippen LogP contribution in [0.3, 0.4) is 0 Å². The van der Waals surface area contributed by atoms with Crippen molar-refractivity contribution in [3.8, 4) is 5.69 Å². The van der Waals surface area contributed by atoms with Gasteiger partial charge >= 0.3 is 0 Å². The Morgan fingerprint density at radius 2 is 2.00 bits per heavy atom. The summed E-state index contributed by atoms with van der Waals surface area (Å²) in [6.45, 7) is 4.70. The van der Waals surface area contributed by atoms with Crippen LogP contribution < -0.4 is 5.73 Å². The highest BCUT2D eigenvalue weighted by Gasteiger charge is 2.11. The zero-order valence-corrected chi connectivity index (χ0v) is 13.5. The fourth-order valence-electron chi connectivity index (χ4n) is 1.90. The monoisotopic (exact) mass is 371 g/mol. The van der Waals surface area contributed by atoms with Crippen LogP contribution in [0.4, 0.5) is 0 Å².